The zero-order valence-electron chi connectivity index (χ0n) is 19.2. The van der Waals surface area contributed by atoms with Crippen molar-refractivity contribution in [2.45, 2.75) is 38.6 Å². The average molecular weight is 457 g/mol. The molecule has 0 amide bonds. The highest BCUT2D eigenvalue weighted by Gasteiger charge is 2.35. The topological polar surface area (TPSA) is 85.7 Å². The number of carbonyl (C=O) groups excluding carboxylic acids is 2. The SMILES string of the molecule is CCN(C(C)C(=O)c1c(C)c(C(=O)OC)n(C)c1C)S(=O)(=O)c1ccc2ccccc2c1. The fraction of sp³-hybridized carbons (Fsp3) is 0.333. The summed E-state index contributed by atoms with van der Waals surface area (Å²) >= 11 is 0. The van der Waals surface area contributed by atoms with Crippen molar-refractivity contribution in [3.8, 4) is 0 Å². The molecule has 0 fully saturated rings. The van der Waals surface area contributed by atoms with E-state index in [1.165, 1.54) is 11.4 Å². The first kappa shape index (κ1) is 23.7. The Morgan fingerprint density at radius 1 is 1.09 bits per heavy atom. The summed E-state index contributed by atoms with van der Waals surface area (Å²) in [6.07, 6.45) is 0. The third-order valence-electron chi connectivity index (χ3n) is 6.01. The van der Waals surface area contributed by atoms with Gasteiger partial charge in [-0.1, -0.05) is 37.3 Å². The number of ketones is 1. The predicted molar refractivity (Wildman–Crippen MR) is 124 cm³/mol. The molecule has 2 aromatic carbocycles. The molecule has 0 saturated heterocycles. The second kappa shape index (κ2) is 8.88. The molecule has 0 radical (unpaired) electrons. The van der Waals surface area contributed by atoms with Crippen LogP contribution in [0.2, 0.25) is 0 Å². The summed E-state index contributed by atoms with van der Waals surface area (Å²) in [5, 5.41) is 1.74. The molecule has 0 N–H and O–H groups in total. The lowest BCUT2D eigenvalue weighted by Gasteiger charge is -2.26. The van der Waals surface area contributed by atoms with Crippen LogP contribution in [0.3, 0.4) is 0 Å². The van der Waals surface area contributed by atoms with Crippen LogP contribution >= 0.6 is 0 Å². The van der Waals surface area contributed by atoms with E-state index in [2.05, 4.69) is 0 Å². The maximum absolute atomic E-state index is 13.5. The Labute approximate surface area is 188 Å². The summed E-state index contributed by atoms with van der Waals surface area (Å²) < 4.78 is 34.6. The maximum atomic E-state index is 13.5. The molecular formula is C24H28N2O5S. The number of fused-ring (bicyclic) bond motifs is 1. The molecule has 8 heteroatoms. The van der Waals surface area contributed by atoms with Gasteiger partial charge in [0.05, 0.1) is 18.0 Å². The Balaban J connectivity index is 2.04. The van der Waals surface area contributed by atoms with Gasteiger partial charge in [0.15, 0.2) is 5.78 Å². The van der Waals surface area contributed by atoms with E-state index >= 15 is 0 Å². The number of carbonyl (C=O) groups is 2. The molecule has 1 heterocycles. The second-order valence-corrected chi connectivity index (χ2v) is 9.63. The first-order valence-corrected chi connectivity index (χ1v) is 11.8. The van der Waals surface area contributed by atoms with Crippen LogP contribution in [0.15, 0.2) is 47.4 Å². The molecule has 0 aliphatic heterocycles. The van der Waals surface area contributed by atoms with Crippen molar-refractivity contribution in [1.29, 1.82) is 0 Å². The number of ether oxygens (including phenoxy) is 1. The summed E-state index contributed by atoms with van der Waals surface area (Å²) in [5.74, 6) is -0.909. The number of esters is 1. The van der Waals surface area contributed by atoms with Crippen LogP contribution < -0.4 is 0 Å². The lowest BCUT2D eigenvalue weighted by Crippen LogP contribution is -2.43. The Morgan fingerprint density at radius 2 is 1.72 bits per heavy atom. The van der Waals surface area contributed by atoms with Crippen LogP contribution in [0.25, 0.3) is 10.8 Å². The van der Waals surface area contributed by atoms with Gasteiger partial charge in [-0.15, -0.1) is 0 Å². The number of likely N-dealkylation sites (N-methyl/N-ethyl adjacent to an activating group) is 1. The number of hydrogen-bond donors (Lipinski definition) is 0. The Kier molecular flexibility index (Phi) is 6.57. The van der Waals surface area contributed by atoms with Crippen molar-refractivity contribution < 1.29 is 22.7 Å². The highest BCUT2D eigenvalue weighted by atomic mass is 32.2. The molecule has 1 atom stereocenters. The molecule has 0 spiro atoms. The first-order valence-electron chi connectivity index (χ1n) is 10.3. The third-order valence-corrected chi connectivity index (χ3v) is 8.05. The van der Waals surface area contributed by atoms with Crippen molar-refractivity contribution in [2.75, 3.05) is 13.7 Å². The van der Waals surface area contributed by atoms with E-state index in [-0.39, 0.29) is 22.9 Å². The van der Waals surface area contributed by atoms with Gasteiger partial charge < -0.3 is 9.30 Å². The second-order valence-electron chi connectivity index (χ2n) is 7.74. The van der Waals surface area contributed by atoms with E-state index < -0.39 is 22.0 Å². The average Bonchev–Trinajstić information content (AvgIpc) is 3.00. The Hall–Kier alpha value is -2.97. The highest BCUT2D eigenvalue weighted by Crippen LogP contribution is 2.28. The number of sulfonamides is 1. The molecule has 7 nitrogen and oxygen atoms in total. The molecule has 0 bridgehead atoms. The van der Waals surface area contributed by atoms with Gasteiger partial charge in [0.2, 0.25) is 10.0 Å². The number of hydrogen-bond acceptors (Lipinski definition) is 5. The Bertz CT molecular complexity index is 1310. The summed E-state index contributed by atoms with van der Waals surface area (Å²) in [5.41, 5.74) is 1.68. The fourth-order valence-corrected chi connectivity index (χ4v) is 5.82. The quantitative estimate of drug-likeness (QED) is 0.398. The summed E-state index contributed by atoms with van der Waals surface area (Å²) in [6, 6.07) is 11.5. The van der Waals surface area contributed by atoms with E-state index in [0.29, 0.717) is 16.8 Å². The molecule has 3 rings (SSSR count). The van der Waals surface area contributed by atoms with Crippen molar-refractivity contribution in [2.24, 2.45) is 7.05 Å². The van der Waals surface area contributed by atoms with Crippen LogP contribution in [0.5, 0.6) is 0 Å². The summed E-state index contributed by atoms with van der Waals surface area (Å²) in [4.78, 5) is 25.8. The lowest BCUT2D eigenvalue weighted by molar-refractivity contribution is 0.0588. The van der Waals surface area contributed by atoms with Crippen LogP contribution in [0.4, 0.5) is 0 Å². The third kappa shape index (κ3) is 3.84. The van der Waals surface area contributed by atoms with Gasteiger partial charge in [-0.05, 0) is 49.2 Å². The van der Waals surface area contributed by atoms with E-state index in [1.807, 2.05) is 24.3 Å². The zero-order chi connectivity index (χ0) is 23.8. The molecule has 1 aromatic heterocycles. The smallest absolute Gasteiger partial charge is 0.354 e. The minimum absolute atomic E-state index is 0.122. The van der Waals surface area contributed by atoms with E-state index in [1.54, 1.807) is 57.5 Å². The minimum atomic E-state index is -3.93. The monoisotopic (exact) mass is 456 g/mol. The largest absolute Gasteiger partial charge is 0.464 e. The predicted octanol–water partition coefficient (Wildman–Crippen LogP) is 3.86. The van der Waals surface area contributed by atoms with E-state index in [4.69, 9.17) is 4.74 Å². The number of aromatic nitrogens is 1. The standard InChI is InChI=1S/C24H28N2O5S/c1-7-26(32(29,30)20-13-12-18-10-8-9-11-19(18)14-20)17(4)23(27)21-15(2)22(24(28)31-6)25(5)16(21)3/h8-14,17H,7H2,1-6H3. The van der Waals surface area contributed by atoms with Gasteiger partial charge in [-0.2, -0.15) is 4.31 Å². The molecule has 32 heavy (non-hydrogen) atoms. The first-order chi connectivity index (χ1) is 15.1. The summed E-state index contributed by atoms with van der Waals surface area (Å²) in [6.45, 7) is 6.80. The zero-order valence-corrected chi connectivity index (χ0v) is 20.0. The normalized spacial score (nSPS) is 12.8. The van der Waals surface area contributed by atoms with Gasteiger partial charge in [-0.25, -0.2) is 13.2 Å². The minimum Gasteiger partial charge on any atom is -0.464 e. The Morgan fingerprint density at radius 3 is 2.31 bits per heavy atom. The molecule has 1 unspecified atom stereocenters. The molecule has 0 saturated carbocycles. The molecule has 170 valence electrons. The van der Waals surface area contributed by atoms with Crippen LogP contribution in [0, 0.1) is 13.8 Å². The molecular weight excluding hydrogens is 428 g/mol. The highest BCUT2D eigenvalue weighted by molar-refractivity contribution is 7.89. The number of benzene rings is 2. The maximum Gasteiger partial charge on any atom is 0.354 e. The molecule has 0 aliphatic rings. The molecule has 3 aromatic rings. The van der Waals surface area contributed by atoms with Gasteiger partial charge in [0, 0.05) is 24.8 Å². The molecule has 0 aliphatic carbocycles. The van der Waals surface area contributed by atoms with Crippen molar-refractivity contribution in [1.82, 2.24) is 8.87 Å². The number of Topliss-reactive ketones (excluding diaryl/α,β-unsaturated/α-hetero) is 1. The van der Waals surface area contributed by atoms with Crippen molar-refractivity contribution in [3.05, 3.63) is 65.0 Å². The van der Waals surface area contributed by atoms with Crippen LogP contribution in [0.1, 0.15) is 46.0 Å². The van der Waals surface area contributed by atoms with E-state index in [9.17, 15) is 18.0 Å². The van der Waals surface area contributed by atoms with Gasteiger partial charge in [-0.3, -0.25) is 4.79 Å². The fourth-order valence-electron chi connectivity index (χ4n) is 4.18. The number of rotatable bonds is 7. The lowest BCUT2D eigenvalue weighted by atomic mass is 10.0. The van der Waals surface area contributed by atoms with Gasteiger partial charge >= 0.3 is 5.97 Å². The van der Waals surface area contributed by atoms with Crippen LogP contribution in [-0.2, 0) is 21.8 Å². The van der Waals surface area contributed by atoms with Gasteiger partial charge in [0.1, 0.15) is 5.69 Å². The van der Waals surface area contributed by atoms with Crippen LogP contribution in [-0.4, -0.2) is 48.7 Å². The number of methoxy groups -OCH3 is 1. The van der Waals surface area contributed by atoms with Gasteiger partial charge in [0.25, 0.3) is 0 Å². The van der Waals surface area contributed by atoms with Crippen molar-refractivity contribution >= 4 is 32.5 Å². The number of nitrogens with zero attached hydrogens (tertiary/aromatic N) is 2. The van der Waals surface area contributed by atoms with E-state index in [0.717, 1.165) is 10.8 Å². The summed E-state index contributed by atoms with van der Waals surface area (Å²) in [7, 11) is -0.970. The van der Waals surface area contributed by atoms with Crippen molar-refractivity contribution in [3.63, 3.8) is 0 Å².